The number of carbonyl (C=O) groups is 1. The average molecular weight is 358 g/mol. The number of hydrogen-bond donors (Lipinski definition) is 1. The van der Waals surface area contributed by atoms with E-state index in [-0.39, 0.29) is 17.3 Å². The summed E-state index contributed by atoms with van der Waals surface area (Å²) in [5.41, 5.74) is 2.89. The number of benzene rings is 1. The van der Waals surface area contributed by atoms with Crippen molar-refractivity contribution in [3.8, 4) is 11.3 Å². The zero-order valence-corrected chi connectivity index (χ0v) is 14.8. The third-order valence-electron chi connectivity index (χ3n) is 3.66. The summed E-state index contributed by atoms with van der Waals surface area (Å²) in [7, 11) is 0. The van der Waals surface area contributed by atoms with Crippen LogP contribution < -0.4 is 5.56 Å². The molecule has 0 aliphatic rings. The second-order valence-electron chi connectivity index (χ2n) is 5.31. The molecule has 8 heteroatoms. The van der Waals surface area contributed by atoms with Crippen LogP contribution in [-0.4, -0.2) is 38.1 Å². The molecule has 2 aromatic heterocycles. The van der Waals surface area contributed by atoms with Crippen molar-refractivity contribution in [3.05, 3.63) is 46.2 Å². The van der Waals surface area contributed by atoms with E-state index in [9.17, 15) is 9.59 Å². The summed E-state index contributed by atoms with van der Waals surface area (Å²) in [6.07, 6.45) is 0.962. The monoisotopic (exact) mass is 358 g/mol. The van der Waals surface area contributed by atoms with Crippen LogP contribution in [0.25, 0.3) is 16.8 Å². The van der Waals surface area contributed by atoms with Gasteiger partial charge in [0.05, 0.1) is 18.1 Å². The number of thioether (sulfide) groups is 1. The predicted octanol–water partition coefficient (Wildman–Crippen LogP) is 2.30. The minimum atomic E-state index is -0.337. The molecule has 3 rings (SSSR count). The van der Waals surface area contributed by atoms with Crippen molar-refractivity contribution in [1.82, 2.24) is 19.8 Å². The van der Waals surface area contributed by atoms with Gasteiger partial charge in [0.15, 0.2) is 0 Å². The fourth-order valence-electron chi connectivity index (χ4n) is 2.36. The fourth-order valence-corrected chi connectivity index (χ4v) is 3.07. The smallest absolute Gasteiger partial charge is 0.316 e. The van der Waals surface area contributed by atoms with Crippen molar-refractivity contribution in [3.63, 3.8) is 0 Å². The number of hydrogen-bond acceptors (Lipinski definition) is 6. The van der Waals surface area contributed by atoms with E-state index < -0.39 is 0 Å². The molecular weight excluding hydrogens is 340 g/mol. The van der Waals surface area contributed by atoms with Crippen LogP contribution in [0, 0.1) is 0 Å². The number of ether oxygens (including phenoxy) is 1. The molecule has 1 aromatic carbocycles. The highest BCUT2D eigenvalue weighted by Gasteiger charge is 2.14. The molecule has 0 fully saturated rings. The molecule has 25 heavy (non-hydrogen) atoms. The van der Waals surface area contributed by atoms with Crippen LogP contribution in [-0.2, 0) is 16.0 Å². The Morgan fingerprint density at radius 3 is 2.72 bits per heavy atom. The Morgan fingerprint density at radius 1 is 1.28 bits per heavy atom. The highest BCUT2D eigenvalue weighted by molar-refractivity contribution is 7.99. The second kappa shape index (κ2) is 7.52. The Morgan fingerprint density at radius 2 is 2.04 bits per heavy atom. The van der Waals surface area contributed by atoms with Gasteiger partial charge in [0, 0.05) is 5.56 Å². The summed E-state index contributed by atoms with van der Waals surface area (Å²) in [6.45, 7) is 4.17. The first-order valence-corrected chi connectivity index (χ1v) is 8.97. The number of fused-ring (bicyclic) bond motifs is 1. The Labute approximate surface area is 148 Å². The van der Waals surface area contributed by atoms with Gasteiger partial charge >= 0.3 is 5.97 Å². The maximum atomic E-state index is 12.0. The van der Waals surface area contributed by atoms with Gasteiger partial charge in [0.1, 0.15) is 5.52 Å². The summed E-state index contributed by atoms with van der Waals surface area (Å²) in [4.78, 5) is 23.6. The van der Waals surface area contributed by atoms with Crippen molar-refractivity contribution in [2.75, 3.05) is 12.4 Å². The lowest BCUT2D eigenvalue weighted by molar-refractivity contribution is -0.139. The topological polar surface area (TPSA) is 89.3 Å². The lowest BCUT2D eigenvalue weighted by Crippen LogP contribution is -2.15. The molecule has 7 nitrogen and oxygen atoms in total. The van der Waals surface area contributed by atoms with Crippen molar-refractivity contribution in [2.45, 2.75) is 25.4 Å². The molecule has 0 saturated heterocycles. The summed E-state index contributed by atoms with van der Waals surface area (Å²) in [5, 5.41) is 11.3. The number of aryl methyl sites for hydroxylation is 1. The van der Waals surface area contributed by atoms with Crippen LogP contribution in [0.15, 0.2) is 40.3 Å². The normalized spacial score (nSPS) is 11.0. The maximum absolute atomic E-state index is 12.0. The quantitative estimate of drug-likeness (QED) is 0.537. The molecule has 2 heterocycles. The highest BCUT2D eigenvalue weighted by Crippen LogP contribution is 2.22. The number of nitrogens with zero attached hydrogens (tertiary/aromatic N) is 3. The van der Waals surface area contributed by atoms with Crippen LogP contribution in [0.4, 0.5) is 0 Å². The first kappa shape index (κ1) is 17.2. The Balaban J connectivity index is 1.95. The molecule has 1 N–H and O–H groups in total. The summed E-state index contributed by atoms with van der Waals surface area (Å²) < 4.78 is 6.37. The van der Waals surface area contributed by atoms with Gasteiger partial charge in [-0.15, -0.1) is 5.10 Å². The lowest BCUT2D eigenvalue weighted by atomic mass is 10.1. The number of aromatic amines is 1. The lowest BCUT2D eigenvalue weighted by Gasteiger charge is -2.03. The van der Waals surface area contributed by atoms with Crippen molar-refractivity contribution < 1.29 is 9.53 Å². The van der Waals surface area contributed by atoms with Crippen LogP contribution >= 0.6 is 11.8 Å². The van der Waals surface area contributed by atoms with Gasteiger partial charge in [0.2, 0.25) is 5.16 Å². The molecule has 0 amide bonds. The van der Waals surface area contributed by atoms with Gasteiger partial charge in [-0.3, -0.25) is 9.59 Å². The van der Waals surface area contributed by atoms with Gasteiger partial charge in [-0.1, -0.05) is 43.0 Å². The highest BCUT2D eigenvalue weighted by atomic mass is 32.2. The van der Waals surface area contributed by atoms with Crippen LogP contribution in [0.2, 0.25) is 0 Å². The molecule has 0 atom stereocenters. The van der Waals surface area contributed by atoms with Gasteiger partial charge in [-0.2, -0.15) is 5.10 Å². The van der Waals surface area contributed by atoms with Crippen molar-refractivity contribution in [1.29, 1.82) is 0 Å². The molecule has 0 saturated carbocycles. The van der Waals surface area contributed by atoms with Gasteiger partial charge in [0.25, 0.3) is 5.56 Å². The van der Waals surface area contributed by atoms with E-state index in [2.05, 4.69) is 22.2 Å². The molecule has 0 bridgehead atoms. The second-order valence-corrected chi connectivity index (χ2v) is 6.25. The van der Waals surface area contributed by atoms with E-state index in [1.165, 1.54) is 21.8 Å². The van der Waals surface area contributed by atoms with Crippen molar-refractivity contribution >= 4 is 23.2 Å². The first-order valence-electron chi connectivity index (χ1n) is 7.98. The summed E-state index contributed by atoms with van der Waals surface area (Å²) >= 11 is 1.17. The van der Waals surface area contributed by atoms with Gasteiger partial charge < -0.3 is 4.74 Å². The van der Waals surface area contributed by atoms with Gasteiger partial charge in [-0.05, 0) is 25.0 Å². The molecular formula is C17H18N4O3S. The van der Waals surface area contributed by atoms with E-state index >= 15 is 0 Å². The first-order chi connectivity index (χ1) is 12.1. The molecule has 3 aromatic rings. The standard InChI is InChI=1S/C17H18N4O3S/c1-3-11-5-7-12(8-6-11)13-9-14-16(23)18-19-17(21(14)20-13)25-10-15(22)24-4-2/h5-9H,3-4,10H2,1-2H3,(H,18,23). The Bertz CT molecular complexity index is 947. The van der Waals surface area contributed by atoms with E-state index in [0.717, 1.165) is 12.0 Å². The molecule has 0 radical (unpaired) electrons. The minimum absolute atomic E-state index is 0.0996. The fraction of sp³-hybridized carbons (Fsp3) is 0.294. The van der Waals surface area contributed by atoms with E-state index in [0.29, 0.717) is 23.0 Å². The minimum Gasteiger partial charge on any atom is -0.465 e. The largest absolute Gasteiger partial charge is 0.465 e. The zero-order valence-electron chi connectivity index (χ0n) is 14.0. The maximum Gasteiger partial charge on any atom is 0.316 e. The van der Waals surface area contributed by atoms with Crippen LogP contribution in [0.5, 0.6) is 0 Å². The molecule has 0 unspecified atom stereocenters. The van der Waals surface area contributed by atoms with Crippen LogP contribution in [0.1, 0.15) is 19.4 Å². The SMILES string of the molecule is CCOC(=O)CSc1n[nH]c(=O)c2cc(-c3ccc(CC)cc3)nn12. The molecule has 130 valence electrons. The molecule has 0 aliphatic heterocycles. The summed E-state index contributed by atoms with van der Waals surface area (Å²) in [6, 6.07) is 9.76. The van der Waals surface area contributed by atoms with E-state index in [1.807, 2.05) is 24.3 Å². The van der Waals surface area contributed by atoms with E-state index in [4.69, 9.17) is 4.74 Å². The molecule has 0 aliphatic carbocycles. The third kappa shape index (κ3) is 3.74. The predicted molar refractivity (Wildman–Crippen MR) is 95.8 cm³/mol. The number of rotatable bonds is 6. The Hall–Kier alpha value is -2.61. The third-order valence-corrected chi connectivity index (χ3v) is 4.56. The van der Waals surface area contributed by atoms with E-state index in [1.54, 1.807) is 13.0 Å². The Kier molecular flexibility index (Phi) is 5.18. The number of nitrogens with one attached hydrogen (secondary N) is 1. The zero-order chi connectivity index (χ0) is 17.8. The number of esters is 1. The molecule has 0 spiro atoms. The number of aromatic nitrogens is 4. The average Bonchev–Trinajstić information content (AvgIpc) is 3.08. The van der Waals surface area contributed by atoms with Crippen LogP contribution in [0.3, 0.4) is 0 Å². The van der Waals surface area contributed by atoms with Gasteiger partial charge in [-0.25, -0.2) is 9.61 Å². The van der Waals surface area contributed by atoms with Crippen molar-refractivity contribution in [2.24, 2.45) is 0 Å². The number of H-pyrrole nitrogens is 1. The summed E-state index contributed by atoms with van der Waals surface area (Å²) in [5.74, 6) is -0.237. The number of carbonyl (C=O) groups excluding carboxylic acids is 1.